The van der Waals surface area contributed by atoms with E-state index < -0.39 is 0 Å². The first-order chi connectivity index (χ1) is 7.63. The van der Waals surface area contributed by atoms with E-state index >= 15 is 0 Å². The van der Waals surface area contributed by atoms with Crippen molar-refractivity contribution in [3.8, 4) is 11.3 Å². The van der Waals surface area contributed by atoms with Crippen LogP contribution in [0, 0.1) is 0 Å². The highest BCUT2D eigenvalue weighted by Crippen LogP contribution is 2.21. The summed E-state index contributed by atoms with van der Waals surface area (Å²) in [5, 5.41) is 3.38. The number of nitrogens with zero attached hydrogens (tertiary/aromatic N) is 1. The average molecular weight is 237 g/mol. The summed E-state index contributed by atoms with van der Waals surface area (Å²) in [6.45, 7) is 0. The molecule has 82 valence electrons. The van der Waals surface area contributed by atoms with Crippen LogP contribution in [0.2, 0.25) is 5.02 Å². The molecule has 0 unspecified atom stereocenters. The molecule has 1 heterocycles. The van der Waals surface area contributed by atoms with E-state index in [9.17, 15) is 9.59 Å². The monoisotopic (exact) mass is 236 g/mol. The van der Waals surface area contributed by atoms with Gasteiger partial charge in [-0.1, -0.05) is 23.7 Å². The molecule has 0 fully saturated rings. The van der Waals surface area contributed by atoms with Crippen molar-refractivity contribution >= 4 is 17.9 Å². The molecular weight excluding hydrogens is 228 g/mol. The molecule has 0 saturated carbocycles. The third-order valence-corrected chi connectivity index (χ3v) is 2.55. The van der Waals surface area contributed by atoms with Crippen molar-refractivity contribution in [2.75, 3.05) is 0 Å². The zero-order valence-electron chi connectivity index (χ0n) is 8.53. The lowest BCUT2D eigenvalue weighted by Gasteiger charge is -1.99. The molecule has 2 rings (SSSR count). The number of H-pyrrole nitrogens is 1. The van der Waals surface area contributed by atoms with E-state index in [4.69, 9.17) is 11.6 Å². The highest BCUT2D eigenvalue weighted by Gasteiger charge is 2.13. The second kappa shape index (κ2) is 3.98. The first kappa shape index (κ1) is 10.7. The minimum absolute atomic E-state index is 0.116. The molecule has 1 N–H and O–H groups in total. The van der Waals surface area contributed by atoms with Crippen LogP contribution in [-0.4, -0.2) is 16.1 Å². The number of aldehydes is 1. The number of halogens is 1. The van der Waals surface area contributed by atoms with Crippen molar-refractivity contribution in [1.82, 2.24) is 9.78 Å². The van der Waals surface area contributed by atoms with Crippen LogP contribution in [0.5, 0.6) is 0 Å². The molecule has 0 amide bonds. The molecule has 5 heteroatoms. The van der Waals surface area contributed by atoms with Crippen LogP contribution in [0.15, 0.2) is 29.1 Å². The van der Waals surface area contributed by atoms with E-state index in [1.54, 1.807) is 31.3 Å². The minimum atomic E-state index is -0.343. The van der Waals surface area contributed by atoms with Gasteiger partial charge >= 0.3 is 0 Å². The van der Waals surface area contributed by atoms with Gasteiger partial charge in [0.1, 0.15) is 5.56 Å². The van der Waals surface area contributed by atoms with Crippen LogP contribution in [0.3, 0.4) is 0 Å². The SMILES string of the molecule is Cn1[nH]c(-c2cccc(Cl)c2)c(C=O)c1=O. The zero-order valence-corrected chi connectivity index (χ0v) is 9.28. The number of hydrogen-bond acceptors (Lipinski definition) is 2. The average Bonchev–Trinajstić information content (AvgIpc) is 2.55. The summed E-state index contributed by atoms with van der Waals surface area (Å²) >= 11 is 5.85. The largest absolute Gasteiger partial charge is 0.298 e. The third kappa shape index (κ3) is 1.67. The summed E-state index contributed by atoms with van der Waals surface area (Å²) < 4.78 is 1.26. The van der Waals surface area contributed by atoms with Crippen LogP contribution in [0.1, 0.15) is 10.4 Å². The van der Waals surface area contributed by atoms with Crippen molar-refractivity contribution in [1.29, 1.82) is 0 Å². The van der Waals surface area contributed by atoms with E-state index in [-0.39, 0.29) is 11.1 Å². The van der Waals surface area contributed by atoms with Crippen molar-refractivity contribution in [2.45, 2.75) is 0 Å². The van der Waals surface area contributed by atoms with Crippen molar-refractivity contribution in [3.63, 3.8) is 0 Å². The Morgan fingerprint density at radius 1 is 1.44 bits per heavy atom. The smallest absolute Gasteiger partial charge is 0.277 e. The molecule has 0 aliphatic heterocycles. The van der Waals surface area contributed by atoms with Gasteiger partial charge in [0.25, 0.3) is 5.56 Å². The lowest BCUT2D eigenvalue weighted by Crippen LogP contribution is -2.14. The van der Waals surface area contributed by atoms with Gasteiger partial charge in [-0.3, -0.25) is 19.4 Å². The number of carbonyl (C=O) groups excluding carboxylic acids is 1. The minimum Gasteiger partial charge on any atom is -0.298 e. The Morgan fingerprint density at radius 3 is 2.81 bits per heavy atom. The number of hydrogen-bond donors (Lipinski definition) is 1. The molecule has 16 heavy (non-hydrogen) atoms. The molecule has 2 aromatic rings. The first-order valence-electron chi connectivity index (χ1n) is 4.63. The Hall–Kier alpha value is -1.81. The standard InChI is InChI=1S/C11H9ClN2O2/c1-14-11(16)9(6-15)10(13-14)7-3-2-4-8(12)5-7/h2-6,13H,1H3. The number of nitrogens with one attached hydrogen (secondary N) is 1. The van der Waals surface area contributed by atoms with Crippen LogP contribution < -0.4 is 5.56 Å². The van der Waals surface area contributed by atoms with E-state index in [0.717, 1.165) is 0 Å². The van der Waals surface area contributed by atoms with Gasteiger partial charge in [0.2, 0.25) is 0 Å². The van der Waals surface area contributed by atoms with Crippen LogP contribution in [0.4, 0.5) is 0 Å². The Balaban J connectivity index is 2.69. The summed E-state index contributed by atoms with van der Waals surface area (Å²) in [5.74, 6) is 0. The molecule has 1 aromatic carbocycles. The fraction of sp³-hybridized carbons (Fsp3) is 0.0909. The molecule has 1 aromatic heterocycles. The highest BCUT2D eigenvalue weighted by molar-refractivity contribution is 6.30. The van der Waals surface area contributed by atoms with Gasteiger partial charge in [-0.2, -0.15) is 0 Å². The predicted octanol–water partition coefficient (Wildman–Crippen LogP) is 1.85. The second-order valence-electron chi connectivity index (χ2n) is 3.39. The molecular formula is C11H9ClN2O2. The van der Waals surface area contributed by atoms with Crippen molar-refractivity contribution < 1.29 is 4.79 Å². The van der Waals surface area contributed by atoms with E-state index in [1.165, 1.54) is 4.68 Å². The summed E-state index contributed by atoms with van der Waals surface area (Å²) in [7, 11) is 1.56. The number of aromatic nitrogens is 2. The van der Waals surface area contributed by atoms with Crippen LogP contribution in [-0.2, 0) is 7.05 Å². The van der Waals surface area contributed by atoms with Gasteiger partial charge in [0, 0.05) is 17.6 Å². The van der Waals surface area contributed by atoms with Crippen LogP contribution >= 0.6 is 11.6 Å². The molecule has 0 atom stereocenters. The van der Waals surface area contributed by atoms with Gasteiger partial charge in [-0.15, -0.1) is 0 Å². The van der Waals surface area contributed by atoms with Gasteiger partial charge < -0.3 is 0 Å². The zero-order chi connectivity index (χ0) is 11.7. The maximum absolute atomic E-state index is 11.5. The summed E-state index contributed by atoms with van der Waals surface area (Å²) in [6, 6.07) is 6.97. The Labute approximate surface area is 96.5 Å². The number of rotatable bonds is 2. The summed E-state index contributed by atoms with van der Waals surface area (Å²) in [5.41, 5.74) is 0.979. The quantitative estimate of drug-likeness (QED) is 0.809. The fourth-order valence-electron chi connectivity index (χ4n) is 1.54. The van der Waals surface area contributed by atoms with Crippen molar-refractivity contribution in [3.05, 3.63) is 45.2 Å². The maximum atomic E-state index is 11.5. The van der Waals surface area contributed by atoms with E-state index in [0.29, 0.717) is 22.6 Å². The second-order valence-corrected chi connectivity index (χ2v) is 3.83. The van der Waals surface area contributed by atoms with Crippen molar-refractivity contribution in [2.24, 2.45) is 7.05 Å². The molecule has 0 radical (unpaired) electrons. The number of aromatic amines is 1. The van der Waals surface area contributed by atoms with Gasteiger partial charge in [-0.05, 0) is 12.1 Å². The normalized spacial score (nSPS) is 10.4. The first-order valence-corrected chi connectivity index (χ1v) is 5.01. The number of benzene rings is 1. The summed E-state index contributed by atoms with van der Waals surface area (Å²) in [6.07, 6.45) is 0.551. The van der Waals surface area contributed by atoms with Gasteiger partial charge in [0.05, 0.1) is 5.69 Å². The molecule has 0 bridgehead atoms. The van der Waals surface area contributed by atoms with Gasteiger partial charge in [-0.25, -0.2) is 0 Å². The topological polar surface area (TPSA) is 54.9 Å². The maximum Gasteiger partial charge on any atom is 0.277 e. The Kier molecular flexibility index (Phi) is 2.66. The Bertz CT molecular complexity index is 598. The third-order valence-electron chi connectivity index (χ3n) is 2.32. The molecule has 0 saturated heterocycles. The van der Waals surface area contributed by atoms with Crippen LogP contribution in [0.25, 0.3) is 11.3 Å². The lowest BCUT2D eigenvalue weighted by atomic mass is 10.1. The van der Waals surface area contributed by atoms with Gasteiger partial charge in [0.15, 0.2) is 6.29 Å². The Morgan fingerprint density at radius 2 is 2.19 bits per heavy atom. The molecule has 0 aliphatic rings. The molecule has 0 aliphatic carbocycles. The molecule has 4 nitrogen and oxygen atoms in total. The predicted molar refractivity (Wildman–Crippen MR) is 61.9 cm³/mol. The summed E-state index contributed by atoms with van der Waals surface area (Å²) in [4.78, 5) is 22.4. The number of carbonyl (C=O) groups is 1. The fourth-order valence-corrected chi connectivity index (χ4v) is 1.73. The highest BCUT2D eigenvalue weighted by atomic mass is 35.5. The number of aryl methyl sites for hydroxylation is 1. The molecule has 0 spiro atoms. The van der Waals surface area contributed by atoms with E-state index in [2.05, 4.69) is 5.10 Å². The van der Waals surface area contributed by atoms with E-state index in [1.807, 2.05) is 0 Å². The lowest BCUT2D eigenvalue weighted by molar-refractivity contribution is 0.112.